The van der Waals surface area contributed by atoms with Gasteiger partial charge in [0.15, 0.2) is 5.69 Å². The van der Waals surface area contributed by atoms with Crippen LogP contribution in [-0.2, 0) is 0 Å². The summed E-state index contributed by atoms with van der Waals surface area (Å²) in [5.74, 6) is -0.0778. The molecule has 1 aromatic heterocycles. The Morgan fingerprint density at radius 1 is 1.38 bits per heavy atom. The maximum atomic E-state index is 12.4. The number of hydrogen-bond acceptors (Lipinski definition) is 3. The van der Waals surface area contributed by atoms with Gasteiger partial charge in [0.1, 0.15) is 0 Å². The van der Waals surface area contributed by atoms with E-state index in [1.54, 1.807) is 40.1 Å². The van der Waals surface area contributed by atoms with Gasteiger partial charge in [-0.05, 0) is 36.8 Å². The van der Waals surface area contributed by atoms with Crippen LogP contribution in [-0.4, -0.2) is 33.7 Å². The van der Waals surface area contributed by atoms with Gasteiger partial charge in [0.25, 0.3) is 5.91 Å². The van der Waals surface area contributed by atoms with Crippen molar-refractivity contribution in [1.82, 2.24) is 14.7 Å². The Kier molecular flexibility index (Phi) is 4.77. The first-order chi connectivity index (χ1) is 10.2. The maximum absolute atomic E-state index is 12.4. The highest BCUT2D eigenvalue weighted by Gasteiger charge is 2.16. The highest BCUT2D eigenvalue weighted by Crippen LogP contribution is 2.11. The molecular weight excluding hydrogens is 264 g/mol. The number of nitrogen functional groups attached to an aromatic ring is 1. The van der Waals surface area contributed by atoms with Crippen molar-refractivity contribution in [3.63, 3.8) is 0 Å². The lowest BCUT2D eigenvalue weighted by atomic mass is 10.3. The highest BCUT2D eigenvalue weighted by molar-refractivity contribution is 5.92. The lowest BCUT2D eigenvalue weighted by Gasteiger charge is -2.18. The molecule has 110 valence electrons. The Hall–Kier alpha value is -2.56. The van der Waals surface area contributed by atoms with Crippen molar-refractivity contribution in [2.75, 3.05) is 18.8 Å². The molecule has 0 aliphatic rings. The molecule has 2 N–H and O–H groups in total. The number of anilines is 1. The second-order valence-corrected chi connectivity index (χ2v) is 4.78. The molecule has 2 rings (SSSR count). The fourth-order valence-electron chi connectivity index (χ4n) is 2.07. The SMILES string of the molecule is C=CCN(CCC)C(=O)c1ccn(-c2ccc(N)cc2)n1. The lowest BCUT2D eigenvalue weighted by molar-refractivity contribution is 0.0767. The smallest absolute Gasteiger partial charge is 0.274 e. The lowest BCUT2D eigenvalue weighted by Crippen LogP contribution is -2.32. The van der Waals surface area contributed by atoms with Gasteiger partial charge in [-0.3, -0.25) is 4.79 Å². The number of hydrogen-bond donors (Lipinski definition) is 1. The van der Waals surface area contributed by atoms with Gasteiger partial charge in [0.05, 0.1) is 5.69 Å². The number of benzene rings is 1. The van der Waals surface area contributed by atoms with Gasteiger partial charge in [0.2, 0.25) is 0 Å². The fourth-order valence-corrected chi connectivity index (χ4v) is 2.07. The summed E-state index contributed by atoms with van der Waals surface area (Å²) < 4.78 is 1.67. The molecule has 1 aromatic carbocycles. The molecule has 0 saturated heterocycles. The van der Waals surface area contributed by atoms with Gasteiger partial charge < -0.3 is 10.6 Å². The van der Waals surface area contributed by atoms with Crippen molar-refractivity contribution in [2.24, 2.45) is 0 Å². The molecule has 0 bridgehead atoms. The van der Waals surface area contributed by atoms with Crippen molar-refractivity contribution in [1.29, 1.82) is 0 Å². The maximum Gasteiger partial charge on any atom is 0.274 e. The van der Waals surface area contributed by atoms with Crippen LogP contribution in [0.25, 0.3) is 5.69 Å². The average molecular weight is 284 g/mol. The second-order valence-electron chi connectivity index (χ2n) is 4.78. The summed E-state index contributed by atoms with van der Waals surface area (Å²) in [5.41, 5.74) is 7.66. The van der Waals surface area contributed by atoms with Crippen molar-refractivity contribution in [2.45, 2.75) is 13.3 Å². The Morgan fingerprint density at radius 2 is 2.10 bits per heavy atom. The third-order valence-electron chi connectivity index (χ3n) is 3.10. The van der Waals surface area contributed by atoms with Gasteiger partial charge in [-0.2, -0.15) is 5.10 Å². The topological polar surface area (TPSA) is 64.2 Å². The molecule has 2 aromatic rings. The molecule has 0 saturated carbocycles. The first-order valence-corrected chi connectivity index (χ1v) is 6.97. The standard InChI is InChI=1S/C16H20N4O/c1-3-10-19(11-4-2)16(21)15-9-12-20(18-15)14-7-5-13(17)6-8-14/h3,5-9,12H,1,4,10-11,17H2,2H3. The number of nitrogens with zero attached hydrogens (tertiary/aromatic N) is 3. The Labute approximate surface area is 124 Å². The Balaban J connectivity index is 2.20. The molecular formula is C16H20N4O. The normalized spacial score (nSPS) is 10.3. The zero-order chi connectivity index (χ0) is 15.2. The van der Waals surface area contributed by atoms with E-state index in [1.165, 1.54) is 0 Å². The molecule has 0 aliphatic heterocycles. The third-order valence-corrected chi connectivity index (χ3v) is 3.10. The second kappa shape index (κ2) is 6.74. The number of aromatic nitrogens is 2. The fraction of sp³-hybridized carbons (Fsp3) is 0.250. The summed E-state index contributed by atoms with van der Waals surface area (Å²) in [6, 6.07) is 9.07. The van der Waals surface area contributed by atoms with Crippen LogP contribution in [0.4, 0.5) is 5.69 Å². The third kappa shape index (κ3) is 3.51. The zero-order valence-corrected chi connectivity index (χ0v) is 12.2. The first kappa shape index (κ1) is 14.8. The molecule has 0 aliphatic carbocycles. The minimum atomic E-state index is -0.0778. The molecule has 1 amide bonds. The van der Waals surface area contributed by atoms with Gasteiger partial charge in [-0.15, -0.1) is 6.58 Å². The predicted octanol–water partition coefficient (Wildman–Crippen LogP) is 2.49. The molecule has 0 atom stereocenters. The van der Waals surface area contributed by atoms with Crippen LogP contribution >= 0.6 is 0 Å². The van der Waals surface area contributed by atoms with E-state index in [4.69, 9.17) is 5.73 Å². The van der Waals surface area contributed by atoms with Gasteiger partial charge in [-0.1, -0.05) is 13.0 Å². The van der Waals surface area contributed by atoms with Crippen molar-refractivity contribution in [3.8, 4) is 5.69 Å². The van der Waals surface area contributed by atoms with Crippen LogP contribution < -0.4 is 5.73 Å². The molecule has 21 heavy (non-hydrogen) atoms. The summed E-state index contributed by atoms with van der Waals surface area (Å²) >= 11 is 0. The number of nitrogens with two attached hydrogens (primary N) is 1. The molecule has 5 nitrogen and oxygen atoms in total. The first-order valence-electron chi connectivity index (χ1n) is 6.97. The summed E-state index contributed by atoms with van der Waals surface area (Å²) in [6.07, 6.45) is 4.40. The monoisotopic (exact) mass is 284 g/mol. The molecule has 0 fully saturated rings. The van der Waals surface area contributed by atoms with E-state index in [9.17, 15) is 4.79 Å². The largest absolute Gasteiger partial charge is 0.399 e. The number of carbonyl (C=O) groups is 1. The van der Waals surface area contributed by atoms with Gasteiger partial charge >= 0.3 is 0 Å². The van der Waals surface area contributed by atoms with Crippen molar-refractivity contribution in [3.05, 3.63) is 54.9 Å². The minimum Gasteiger partial charge on any atom is -0.399 e. The van der Waals surface area contributed by atoms with E-state index in [2.05, 4.69) is 11.7 Å². The van der Waals surface area contributed by atoms with E-state index in [0.29, 0.717) is 24.5 Å². The molecule has 1 heterocycles. The van der Waals surface area contributed by atoms with E-state index in [-0.39, 0.29) is 5.91 Å². The van der Waals surface area contributed by atoms with Gasteiger partial charge in [0, 0.05) is 25.0 Å². The van der Waals surface area contributed by atoms with Crippen LogP contribution in [0.2, 0.25) is 0 Å². The predicted molar refractivity (Wildman–Crippen MR) is 84.4 cm³/mol. The van der Waals surface area contributed by atoms with Crippen LogP contribution in [0.1, 0.15) is 23.8 Å². The van der Waals surface area contributed by atoms with E-state index >= 15 is 0 Å². The van der Waals surface area contributed by atoms with Crippen molar-refractivity contribution < 1.29 is 4.79 Å². The molecule has 0 radical (unpaired) electrons. The Morgan fingerprint density at radius 3 is 2.71 bits per heavy atom. The van der Waals surface area contributed by atoms with E-state index in [0.717, 1.165) is 12.1 Å². The average Bonchev–Trinajstić information content (AvgIpc) is 2.97. The van der Waals surface area contributed by atoms with E-state index < -0.39 is 0 Å². The molecule has 0 unspecified atom stereocenters. The summed E-state index contributed by atoms with van der Waals surface area (Å²) in [4.78, 5) is 14.1. The number of carbonyl (C=O) groups excluding carboxylic acids is 1. The van der Waals surface area contributed by atoms with Crippen LogP contribution in [0, 0.1) is 0 Å². The van der Waals surface area contributed by atoms with Crippen molar-refractivity contribution >= 4 is 11.6 Å². The summed E-state index contributed by atoms with van der Waals surface area (Å²) in [5, 5.41) is 4.35. The molecule has 0 spiro atoms. The quantitative estimate of drug-likeness (QED) is 0.654. The Bertz CT molecular complexity index is 615. The summed E-state index contributed by atoms with van der Waals surface area (Å²) in [6.45, 7) is 6.95. The minimum absolute atomic E-state index is 0.0778. The number of amides is 1. The highest BCUT2D eigenvalue weighted by atomic mass is 16.2. The molecule has 5 heteroatoms. The zero-order valence-electron chi connectivity index (χ0n) is 12.2. The van der Waals surface area contributed by atoms with Crippen LogP contribution in [0.15, 0.2) is 49.2 Å². The van der Waals surface area contributed by atoms with Gasteiger partial charge in [-0.25, -0.2) is 4.68 Å². The van der Waals surface area contributed by atoms with Crippen LogP contribution in [0.3, 0.4) is 0 Å². The number of rotatable bonds is 6. The van der Waals surface area contributed by atoms with Crippen LogP contribution in [0.5, 0.6) is 0 Å². The summed E-state index contributed by atoms with van der Waals surface area (Å²) in [7, 11) is 0. The van der Waals surface area contributed by atoms with E-state index in [1.807, 2.05) is 19.1 Å².